The molecule has 176 valence electrons. The van der Waals surface area contributed by atoms with Gasteiger partial charge in [-0.2, -0.15) is 5.10 Å². The van der Waals surface area contributed by atoms with Crippen molar-refractivity contribution in [2.45, 2.75) is 25.4 Å². The van der Waals surface area contributed by atoms with Crippen molar-refractivity contribution in [3.63, 3.8) is 0 Å². The Hall–Kier alpha value is -4.26. The van der Waals surface area contributed by atoms with Crippen molar-refractivity contribution in [1.82, 2.24) is 25.0 Å². The number of pyridine rings is 1. The van der Waals surface area contributed by atoms with E-state index >= 15 is 0 Å². The van der Waals surface area contributed by atoms with Crippen LogP contribution in [0.25, 0.3) is 11.3 Å². The second-order valence-corrected chi connectivity index (χ2v) is 8.72. The van der Waals surface area contributed by atoms with Crippen LogP contribution in [-0.2, 0) is 6.54 Å². The molecular formula is C28H27N5O2. The predicted molar refractivity (Wildman–Crippen MR) is 134 cm³/mol. The summed E-state index contributed by atoms with van der Waals surface area (Å²) in [6.45, 7) is 1.80. The average molecular weight is 466 g/mol. The van der Waals surface area contributed by atoms with Crippen molar-refractivity contribution in [2.75, 3.05) is 13.1 Å². The SMILES string of the molecule is O=C(NC1CCN(C(=O)c2ccccc2)CC1)c1cn(Cc2ccccc2)nc1-c1cccnc1. The lowest BCUT2D eigenvalue weighted by Crippen LogP contribution is -2.46. The number of hydrogen-bond donors (Lipinski definition) is 1. The second-order valence-electron chi connectivity index (χ2n) is 8.72. The lowest BCUT2D eigenvalue weighted by Gasteiger charge is -2.32. The first-order chi connectivity index (χ1) is 17.2. The van der Waals surface area contributed by atoms with Gasteiger partial charge in [0.2, 0.25) is 0 Å². The molecule has 35 heavy (non-hydrogen) atoms. The van der Waals surface area contributed by atoms with E-state index in [1.165, 1.54) is 0 Å². The van der Waals surface area contributed by atoms with Crippen molar-refractivity contribution in [1.29, 1.82) is 0 Å². The number of nitrogens with one attached hydrogen (secondary N) is 1. The van der Waals surface area contributed by atoms with Crippen LogP contribution in [0.3, 0.4) is 0 Å². The number of hydrogen-bond acceptors (Lipinski definition) is 4. The van der Waals surface area contributed by atoms with Gasteiger partial charge in [-0.25, -0.2) is 0 Å². The fraction of sp³-hybridized carbons (Fsp3) is 0.214. The van der Waals surface area contributed by atoms with E-state index in [9.17, 15) is 9.59 Å². The molecule has 0 unspecified atom stereocenters. The lowest BCUT2D eigenvalue weighted by atomic mass is 10.0. The highest BCUT2D eigenvalue weighted by Gasteiger charge is 2.26. The molecule has 0 saturated carbocycles. The first kappa shape index (κ1) is 22.5. The number of aromatic nitrogens is 3. The van der Waals surface area contributed by atoms with E-state index in [4.69, 9.17) is 5.10 Å². The number of benzene rings is 2. The minimum absolute atomic E-state index is 0.00143. The number of piperidine rings is 1. The third kappa shape index (κ3) is 5.30. The van der Waals surface area contributed by atoms with Gasteiger partial charge in [-0.3, -0.25) is 19.3 Å². The number of amides is 2. The molecule has 0 radical (unpaired) electrons. The molecule has 2 aromatic carbocycles. The topological polar surface area (TPSA) is 80.1 Å². The Balaban J connectivity index is 1.28. The third-order valence-corrected chi connectivity index (χ3v) is 6.27. The Bertz CT molecular complexity index is 1280. The summed E-state index contributed by atoms with van der Waals surface area (Å²) in [5, 5.41) is 7.89. The fourth-order valence-corrected chi connectivity index (χ4v) is 4.41. The van der Waals surface area contributed by atoms with Gasteiger partial charge in [-0.15, -0.1) is 0 Å². The molecule has 1 aliphatic heterocycles. The van der Waals surface area contributed by atoms with Crippen LogP contribution in [0.5, 0.6) is 0 Å². The quantitative estimate of drug-likeness (QED) is 0.466. The van der Waals surface area contributed by atoms with Crippen LogP contribution >= 0.6 is 0 Å². The average Bonchev–Trinajstić information content (AvgIpc) is 3.34. The van der Waals surface area contributed by atoms with E-state index in [2.05, 4.69) is 10.3 Å². The van der Waals surface area contributed by atoms with Crippen LogP contribution in [0.2, 0.25) is 0 Å². The van der Waals surface area contributed by atoms with Gasteiger partial charge in [-0.1, -0.05) is 48.5 Å². The molecule has 2 aromatic heterocycles. The lowest BCUT2D eigenvalue weighted by molar-refractivity contribution is 0.0698. The molecule has 1 N–H and O–H groups in total. The van der Waals surface area contributed by atoms with E-state index in [1.54, 1.807) is 23.3 Å². The zero-order chi connectivity index (χ0) is 24.0. The molecule has 0 spiro atoms. The first-order valence-corrected chi connectivity index (χ1v) is 11.8. The number of carbonyl (C=O) groups is 2. The van der Waals surface area contributed by atoms with E-state index in [0.29, 0.717) is 49.3 Å². The smallest absolute Gasteiger partial charge is 0.255 e. The Labute approximate surface area is 204 Å². The fourth-order valence-electron chi connectivity index (χ4n) is 4.41. The summed E-state index contributed by atoms with van der Waals surface area (Å²) >= 11 is 0. The van der Waals surface area contributed by atoms with Crippen molar-refractivity contribution in [3.8, 4) is 11.3 Å². The summed E-state index contributed by atoms with van der Waals surface area (Å²) in [6.07, 6.45) is 6.66. The summed E-state index contributed by atoms with van der Waals surface area (Å²) in [4.78, 5) is 32.1. The van der Waals surface area contributed by atoms with Gasteiger partial charge in [0, 0.05) is 48.8 Å². The van der Waals surface area contributed by atoms with Crippen LogP contribution in [-0.4, -0.2) is 50.6 Å². The largest absolute Gasteiger partial charge is 0.349 e. The Morgan fingerprint density at radius 2 is 1.63 bits per heavy atom. The predicted octanol–water partition coefficient (Wildman–Crippen LogP) is 4.03. The normalized spacial score (nSPS) is 14.0. The van der Waals surface area contributed by atoms with Crippen LogP contribution in [0.1, 0.15) is 39.1 Å². The van der Waals surface area contributed by atoms with E-state index in [0.717, 1.165) is 11.1 Å². The number of carbonyl (C=O) groups excluding carboxylic acids is 2. The molecule has 5 rings (SSSR count). The van der Waals surface area contributed by atoms with Gasteiger partial charge in [0.25, 0.3) is 11.8 Å². The molecule has 1 fully saturated rings. The van der Waals surface area contributed by atoms with E-state index in [-0.39, 0.29) is 17.9 Å². The van der Waals surface area contributed by atoms with Gasteiger partial charge in [0.05, 0.1) is 12.1 Å². The van der Waals surface area contributed by atoms with Crippen molar-refractivity contribution in [3.05, 3.63) is 108 Å². The van der Waals surface area contributed by atoms with Gasteiger partial charge >= 0.3 is 0 Å². The van der Waals surface area contributed by atoms with E-state index in [1.807, 2.05) is 77.7 Å². The van der Waals surface area contributed by atoms with Crippen LogP contribution < -0.4 is 5.32 Å². The van der Waals surface area contributed by atoms with Crippen molar-refractivity contribution >= 4 is 11.8 Å². The first-order valence-electron chi connectivity index (χ1n) is 11.8. The molecule has 7 nitrogen and oxygen atoms in total. The molecule has 7 heteroatoms. The molecule has 2 amide bonds. The highest BCUT2D eigenvalue weighted by atomic mass is 16.2. The molecule has 0 aliphatic carbocycles. The maximum Gasteiger partial charge on any atom is 0.255 e. The molecule has 0 bridgehead atoms. The summed E-state index contributed by atoms with van der Waals surface area (Å²) in [5.41, 5.74) is 3.74. The van der Waals surface area contributed by atoms with Crippen molar-refractivity contribution in [2.24, 2.45) is 0 Å². The monoisotopic (exact) mass is 465 g/mol. The standard InChI is InChI=1S/C28H27N5O2/c34-27(30-24-13-16-32(17-14-24)28(35)22-10-5-2-6-11-22)25-20-33(19-21-8-3-1-4-9-21)31-26(25)23-12-7-15-29-18-23/h1-12,15,18,20,24H,13-14,16-17,19H2,(H,30,34). The zero-order valence-corrected chi connectivity index (χ0v) is 19.4. The molecule has 3 heterocycles. The van der Waals surface area contributed by atoms with Crippen LogP contribution in [0.4, 0.5) is 0 Å². The molecule has 0 atom stereocenters. The van der Waals surface area contributed by atoms with Gasteiger partial charge in [0.15, 0.2) is 0 Å². The summed E-state index contributed by atoms with van der Waals surface area (Å²) in [6, 6.07) is 23.1. The molecule has 1 aliphatic rings. The Morgan fingerprint density at radius 1 is 0.914 bits per heavy atom. The van der Waals surface area contributed by atoms with Crippen LogP contribution in [0, 0.1) is 0 Å². The zero-order valence-electron chi connectivity index (χ0n) is 19.4. The third-order valence-electron chi connectivity index (χ3n) is 6.27. The molecule has 1 saturated heterocycles. The highest BCUT2D eigenvalue weighted by Crippen LogP contribution is 2.23. The highest BCUT2D eigenvalue weighted by molar-refractivity contribution is 6.00. The molecule has 4 aromatic rings. The molecular weight excluding hydrogens is 438 g/mol. The Morgan fingerprint density at radius 3 is 2.31 bits per heavy atom. The number of nitrogens with zero attached hydrogens (tertiary/aromatic N) is 4. The minimum Gasteiger partial charge on any atom is -0.349 e. The van der Waals surface area contributed by atoms with Crippen LogP contribution in [0.15, 0.2) is 91.4 Å². The second kappa shape index (κ2) is 10.3. The minimum atomic E-state index is -0.156. The maximum absolute atomic E-state index is 13.3. The Kier molecular flexibility index (Phi) is 6.66. The van der Waals surface area contributed by atoms with Gasteiger partial charge < -0.3 is 10.2 Å². The van der Waals surface area contributed by atoms with Gasteiger partial charge in [0.1, 0.15) is 5.69 Å². The van der Waals surface area contributed by atoms with Gasteiger partial charge in [-0.05, 0) is 42.7 Å². The number of likely N-dealkylation sites (tertiary alicyclic amines) is 1. The van der Waals surface area contributed by atoms with E-state index < -0.39 is 0 Å². The summed E-state index contributed by atoms with van der Waals surface area (Å²) in [5.74, 6) is -0.118. The summed E-state index contributed by atoms with van der Waals surface area (Å²) in [7, 11) is 0. The van der Waals surface area contributed by atoms with Crippen molar-refractivity contribution < 1.29 is 9.59 Å². The maximum atomic E-state index is 13.3. The summed E-state index contributed by atoms with van der Waals surface area (Å²) < 4.78 is 1.80. The number of rotatable bonds is 6.